The Morgan fingerprint density at radius 2 is 1.80 bits per heavy atom. The summed E-state index contributed by atoms with van der Waals surface area (Å²) in [6.45, 7) is 3.41. The molecule has 1 heterocycles. The minimum Gasteiger partial charge on any atom is -0.257 e. The molecule has 1 unspecified atom stereocenters. The summed E-state index contributed by atoms with van der Waals surface area (Å²) >= 11 is 0. The van der Waals surface area contributed by atoms with E-state index < -0.39 is 22.0 Å². The van der Waals surface area contributed by atoms with Crippen molar-refractivity contribution in [3.05, 3.63) is 59.7 Å². The minimum absolute atomic E-state index is 0.0806. The Labute approximate surface area is 117 Å². The summed E-state index contributed by atoms with van der Waals surface area (Å²) in [5, 5.41) is 0. The molecule has 20 heavy (non-hydrogen) atoms. The molecule has 0 spiro atoms. The fraction of sp³-hybridized carbons (Fsp3) is 0.214. The monoisotopic (exact) mass is 295 g/mol. The lowest BCUT2D eigenvalue weighted by atomic mass is 10.2. The van der Waals surface area contributed by atoms with Gasteiger partial charge in [-0.2, -0.15) is 8.42 Å². The van der Waals surface area contributed by atoms with Crippen LogP contribution < -0.4 is 0 Å². The van der Waals surface area contributed by atoms with Crippen LogP contribution in [0.1, 0.15) is 24.3 Å². The first kappa shape index (κ1) is 14.6. The van der Waals surface area contributed by atoms with Gasteiger partial charge in [-0.05, 0) is 38.1 Å². The number of nitrogens with zero attached hydrogens (tertiary/aromatic N) is 1. The van der Waals surface area contributed by atoms with Crippen molar-refractivity contribution in [2.45, 2.75) is 24.8 Å². The van der Waals surface area contributed by atoms with E-state index in [9.17, 15) is 12.8 Å². The Kier molecular flexibility index (Phi) is 4.15. The third-order valence-electron chi connectivity index (χ3n) is 2.75. The molecule has 0 amide bonds. The summed E-state index contributed by atoms with van der Waals surface area (Å²) in [6.07, 6.45) is 0.232. The van der Waals surface area contributed by atoms with Gasteiger partial charge in [-0.25, -0.2) is 4.39 Å². The highest BCUT2D eigenvalue weighted by Crippen LogP contribution is 2.22. The molecule has 0 fully saturated rings. The van der Waals surface area contributed by atoms with E-state index in [1.54, 1.807) is 19.1 Å². The smallest absolute Gasteiger partial charge is 0.257 e. The van der Waals surface area contributed by atoms with E-state index in [2.05, 4.69) is 4.98 Å². The van der Waals surface area contributed by atoms with E-state index >= 15 is 0 Å². The molecule has 0 saturated heterocycles. The molecule has 0 aliphatic carbocycles. The van der Waals surface area contributed by atoms with Gasteiger partial charge in [0.15, 0.2) is 0 Å². The maximum absolute atomic E-state index is 12.8. The molecular formula is C14H14FNO3S. The largest absolute Gasteiger partial charge is 0.297 e. The van der Waals surface area contributed by atoms with Crippen molar-refractivity contribution in [1.29, 1.82) is 0 Å². The fourth-order valence-electron chi connectivity index (χ4n) is 1.63. The molecule has 6 heteroatoms. The number of benzene rings is 1. The predicted octanol–water partition coefficient (Wildman–Crippen LogP) is 3.00. The first-order valence-electron chi connectivity index (χ1n) is 6.00. The quantitative estimate of drug-likeness (QED) is 0.814. The molecular weight excluding hydrogens is 281 g/mol. The van der Waals surface area contributed by atoms with Gasteiger partial charge in [0.25, 0.3) is 10.1 Å². The van der Waals surface area contributed by atoms with Crippen molar-refractivity contribution in [1.82, 2.24) is 4.98 Å². The van der Waals surface area contributed by atoms with Gasteiger partial charge >= 0.3 is 0 Å². The molecule has 4 nitrogen and oxygen atoms in total. The summed E-state index contributed by atoms with van der Waals surface area (Å²) in [6, 6.07) is 8.95. The van der Waals surface area contributed by atoms with Crippen molar-refractivity contribution < 1.29 is 17.0 Å². The standard InChI is InChI=1S/C14H14FNO3S/c1-10-3-6-13(7-4-10)20(17,18)19-11(2)14-8-5-12(15)9-16-14/h3-9,11H,1-2H3. The summed E-state index contributed by atoms with van der Waals surface area (Å²) in [4.78, 5) is 3.89. The molecule has 0 aliphatic heterocycles. The first-order chi connectivity index (χ1) is 9.38. The van der Waals surface area contributed by atoms with Crippen molar-refractivity contribution in [3.63, 3.8) is 0 Å². The molecule has 1 aromatic carbocycles. The highest BCUT2D eigenvalue weighted by Gasteiger charge is 2.20. The maximum atomic E-state index is 12.8. The lowest BCUT2D eigenvalue weighted by Gasteiger charge is -2.12. The van der Waals surface area contributed by atoms with Crippen LogP contribution in [0.3, 0.4) is 0 Å². The van der Waals surface area contributed by atoms with Crippen LogP contribution >= 0.6 is 0 Å². The fourth-order valence-corrected chi connectivity index (χ4v) is 2.69. The van der Waals surface area contributed by atoms with E-state index in [1.807, 2.05) is 6.92 Å². The van der Waals surface area contributed by atoms with E-state index in [-0.39, 0.29) is 4.90 Å². The van der Waals surface area contributed by atoms with Gasteiger partial charge in [-0.3, -0.25) is 9.17 Å². The Morgan fingerprint density at radius 1 is 1.15 bits per heavy atom. The summed E-state index contributed by atoms with van der Waals surface area (Å²) in [7, 11) is -3.87. The third-order valence-corrected chi connectivity index (χ3v) is 4.14. The molecule has 2 rings (SSSR count). The minimum atomic E-state index is -3.87. The SMILES string of the molecule is Cc1ccc(S(=O)(=O)OC(C)c2ccc(F)cn2)cc1. The molecule has 1 atom stereocenters. The van der Waals surface area contributed by atoms with Gasteiger partial charge in [0.05, 0.1) is 16.8 Å². The third kappa shape index (κ3) is 3.40. The van der Waals surface area contributed by atoms with Gasteiger partial charge in [-0.1, -0.05) is 17.7 Å². The van der Waals surface area contributed by atoms with Gasteiger partial charge in [0.2, 0.25) is 0 Å². The van der Waals surface area contributed by atoms with E-state index in [1.165, 1.54) is 24.3 Å². The molecule has 1 aromatic heterocycles. The average molecular weight is 295 g/mol. The van der Waals surface area contributed by atoms with Gasteiger partial charge < -0.3 is 0 Å². The number of rotatable bonds is 4. The van der Waals surface area contributed by atoms with E-state index in [0.717, 1.165) is 11.8 Å². The Hall–Kier alpha value is -1.79. The summed E-state index contributed by atoms with van der Waals surface area (Å²) < 4.78 is 42.0. The highest BCUT2D eigenvalue weighted by atomic mass is 32.2. The lowest BCUT2D eigenvalue weighted by Crippen LogP contribution is -2.11. The topological polar surface area (TPSA) is 56.3 Å². The molecule has 0 N–H and O–H groups in total. The zero-order chi connectivity index (χ0) is 14.8. The normalized spacial score (nSPS) is 13.2. The van der Waals surface area contributed by atoms with Crippen LogP contribution in [0.15, 0.2) is 47.5 Å². The van der Waals surface area contributed by atoms with Crippen LogP contribution in [0.4, 0.5) is 4.39 Å². The van der Waals surface area contributed by atoms with Crippen LogP contribution in [-0.2, 0) is 14.3 Å². The van der Waals surface area contributed by atoms with Crippen LogP contribution in [0.25, 0.3) is 0 Å². The molecule has 0 aliphatic rings. The van der Waals surface area contributed by atoms with Crippen LogP contribution in [0.5, 0.6) is 0 Å². The zero-order valence-electron chi connectivity index (χ0n) is 11.1. The van der Waals surface area contributed by atoms with Crippen molar-refractivity contribution >= 4 is 10.1 Å². The lowest BCUT2D eigenvalue weighted by molar-refractivity contribution is 0.229. The number of hydrogen-bond acceptors (Lipinski definition) is 4. The first-order valence-corrected chi connectivity index (χ1v) is 7.41. The summed E-state index contributed by atoms with van der Waals surface area (Å²) in [5.41, 5.74) is 1.30. The van der Waals surface area contributed by atoms with Crippen molar-refractivity contribution in [2.75, 3.05) is 0 Å². The van der Waals surface area contributed by atoms with Crippen LogP contribution in [0, 0.1) is 12.7 Å². The van der Waals surface area contributed by atoms with E-state index in [0.29, 0.717) is 5.69 Å². The number of aromatic nitrogens is 1. The van der Waals surface area contributed by atoms with E-state index in [4.69, 9.17) is 4.18 Å². The second kappa shape index (κ2) is 5.68. The molecule has 0 bridgehead atoms. The highest BCUT2D eigenvalue weighted by molar-refractivity contribution is 7.86. The van der Waals surface area contributed by atoms with Crippen LogP contribution in [0.2, 0.25) is 0 Å². The molecule has 0 radical (unpaired) electrons. The Balaban J connectivity index is 2.19. The Bertz CT molecular complexity index is 681. The number of pyridine rings is 1. The summed E-state index contributed by atoms with van der Waals surface area (Å²) in [5.74, 6) is -0.484. The number of aryl methyl sites for hydroxylation is 1. The number of halogens is 1. The van der Waals surface area contributed by atoms with Crippen LogP contribution in [-0.4, -0.2) is 13.4 Å². The second-order valence-corrected chi connectivity index (χ2v) is 5.98. The van der Waals surface area contributed by atoms with Crippen molar-refractivity contribution in [3.8, 4) is 0 Å². The van der Waals surface area contributed by atoms with Gasteiger partial charge in [-0.15, -0.1) is 0 Å². The second-order valence-electron chi connectivity index (χ2n) is 4.41. The predicted molar refractivity (Wildman–Crippen MR) is 72.1 cm³/mol. The Morgan fingerprint density at radius 3 is 2.35 bits per heavy atom. The molecule has 0 saturated carbocycles. The van der Waals surface area contributed by atoms with Crippen molar-refractivity contribution in [2.24, 2.45) is 0 Å². The number of hydrogen-bond donors (Lipinski definition) is 0. The zero-order valence-corrected chi connectivity index (χ0v) is 11.9. The van der Waals surface area contributed by atoms with Gasteiger partial charge in [0, 0.05) is 0 Å². The molecule has 106 valence electrons. The average Bonchev–Trinajstić information content (AvgIpc) is 2.39. The molecule has 2 aromatic rings. The van der Waals surface area contributed by atoms with Gasteiger partial charge in [0.1, 0.15) is 11.9 Å². The maximum Gasteiger partial charge on any atom is 0.297 e.